The molecule has 9 nitrogen and oxygen atoms in total. The number of hydrogen-bond donors (Lipinski definition) is 0. The summed E-state index contributed by atoms with van der Waals surface area (Å²) in [5, 5.41) is 0. The van der Waals surface area contributed by atoms with Crippen molar-refractivity contribution in [2.45, 2.75) is 19.5 Å². The molecule has 0 aliphatic carbocycles. The van der Waals surface area contributed by atoms with E-state index in [9.17, 15) is 14.4 Å². The number of amides is 3. The predicted molar refractivity (Wildman–Crippen MR) is 73.4 cm³/mol. The van der Waals surface area contributed by atoms with Crippen molar-refractivity contribution in [3.8, 4) is 0 Å². The third-order valence-electron chi connectivity index (χ3n) is 3.96. The van der Waals surface area contributed by atoms with Crippen molar-refractivity contribution in [2.75, 3.05) is 21.2 Å². The number of aryl methyl sites for hydroxylation is 1. The summed E-state index contributed by atoms with van der Waals surface area (Å²) < 4.78 is 8.01. The van der Waals surface area contributed by atoms with Gasteiger partial charge >= 0.3 is 17.9 Å². The van der Waals surface area contributed by atoms with Crippen molar-refractivity contribution >= 4 is 29.7 Å². The van der Waals surface area contributed by atoms with Gasteiger partial charge in [0.15, 0.2) is 6.54 Å². The molecule has 2 aliphatic heterocycles. The van der Waals surface area contributed by atoms with Crippen LogP contribution >= 0.6 is 0 Å². The highest BCUT2D eigenvalue weighted by Crippen LogP contribution is 2.28. The molecule has 1 aromatic rings. The molecule has 0 radical (unpaired) electrons. The molecule has 3 amide bonds. The third kappa shape index (κ3) is 1.74. The molecule has 1 aromatic heterocycles. The van der Waals surface area contributed by atoms with Crippen LogP contribution in [0.25, 0.3) is 0 Å². The highest BCUT2D eigenvalue weighted by Gasteiger charge is 2.52. The monoisotopic (exact) mass is 306 g/mol. The number of imide groups is 1. The number of carbonyl (C=O) groups excluding carboxylic acids is 3. The van der Waals surface area contributed by atoms with E-state index in [-0.39, 0.29) is 12.5 Å². The Balaban J connectivity index is 2.10. The molecule has 3 heterocycles. The maximum Gasteiger partial charge on any atom is 0.402 e. The lowest BCUT2D eigenvalue weighted by Gasteiger charge is -2.30. The van der Waals surface area contributed by atoms with Crippen molar-refractivity contribution in [3.05, 3.63) is 11.9 Å². The van der Waals surface area contributed by atoms with Gasteiger partial charge in [-0.05, 0) is 6.92 Å². The zero-order chi connectivity index (χ0) is 16.2. The lowest BCUT2D eigenvalue weighted by molar-refractivity contribution is -0.677. The molecule has 0 N–H and O–H groups in total. The Morgan fingerprint density at radius 3 is 2.68 bits per heavy atom. The number of fused-ring (bicyclic) bond motifs is 3. The smallest absolute Gasteiger partial charge is 0.402 e. The number of methoxy groups -OCH3 is 1. The van der Waals surface area contributed by atoms with Gasteiger partial charge in [0.1, 0.15) is 11.9 Å². The molecule has 116 valence electrons. The average molecular weight is 306 g/mol. The van der Waals surface area contributed by atoms with Gasteiger partial charge < -0.3 is 4.74 Å². The first kappa shape index (κ1) is 14.2. The van der Waals surface area contributed by atoms with E-state index in [0.29, 0.717) is 11.8 Å². The van der Waals surface area contributed by atoms with Gasteiger partial charge in [0.2, 0.25) is 11.9 Å². The first-order chi connectivity index (χ1) is 10.4. The van der Waals surface area contributed by atoms with E-state index in [1.165, 1.54) is 19.1 Å². The highest BCUT2D eigenvalue weighted by molar-refractivity contribution is 6.18. The maximum absolute atomic E-state index is 12.4. The number of aromatic nitrogens is 2. The first-order valence-electron chi connectivity index (χ1n) is 6.68. The van der Waals surface area contributed by atoms with Gasteiger partial charge in [-0.1, -0.05) is 4.99 Å². The Morgan fingerprint density at radius 2 is 2.05 bits per heavy atom. The summed E-state index contributed by atoms with van der Waals surface area (Å²) in [7, 11) is 4.32. The van der Waals surface area contributed by atoms with Gasteiger partial charge in [-0.25, -0.2) is 18.7 Å². The Kier molecular flexibility index (Phi) is 3.01. The van der Waals surface area contributed by atoms with E-state index in [0.717, 1.165) is 10.6 Å². The Labute approximate surface area is 126 Å². The fourth-order valence-electron chi connectivity index (χ4n) is 2.70. The molecule has 1 saturated heterocycles. The van der Waals surface area contributed by atoms with E-state index in [1.54, 1.807) is 22.4 Å². The van der Waals surface area contributed by atoms with E-state index < -0.39 is 18.0 Å². The molecule has 22 heavy (non-hydrogen) atoms. The minimum atomic E-state index is -0.680. The number of ether oxygens (including phenoxy) is 1. The van der Waals surface area contributed by atoms with Crippen molar-refractivity contribution in [1.29, 1.82) is 0 Å². The fourth-order valence-corrected chi connectivity index (χ4v) is 2.70. The normalized spacial score (nSPS) is 20.0. The Hall–Kier alpha value is -2.71. The minimum Gasteiger partial charge on any atom is -0.467 e. The van der Waals surface area contributed by atoms with E-state index >= 15 is 0 Å². The summed E-state index contributed by atoms with van der Waals surface area (Å²) in [6, 6.07) is -1.11. The van der Waals surface area contributed by atoms with Crippen LogP contribution in [-0.2, 0) is 20.9 Å². The van der Waals surface area contributed by atoms with Gasteiger partial charge in [0, 0.05) is 14.1 Å². The van der Waals surface area contributed by atoms with Crippen LogP contribution in [0.1, 0.15) is 11.7 Å². The van der Waals surface area contributed by atoms with Crippen molar-refractivity contribution in [3.63, 3.8) is 0 Å². The molecule has 1 fully saturated rings. The van der Waals surface area contributed by atoms with E-state index in [4.69, 9.17) is 0 Å². The summed E-state index contributed by atoms with van der Waals surface area (Å²) in [5.41, 5.74) is 0.776. The Morgan fingerprint density at radius 1 is 1.36 bits per heavy atom. The molecule has 0 spiro atoms. The largest absolute Gasteiger partial charge is 0.467 e. The SMILES string of the molecule is COC(=O)Cn1c(C)c[n+]2c1N=C1C2C(=O)N(C)C(=O)N1C. The maximum atomic E-state index is 12.4. The zero-order valence-corrected chi connectivity index (χ0v) is 12.7. The number of rotatable bonds is 2. The second kappa shape index (κ2) is 4.65. The van der Waals surface area contributed by atoms with Crippen molar-refractivity contribution in [2.24, 2.45) is 4.99 Å². The number of likely N-dealkylation sites (N-methyl/N-ethyl adjacent to an activating group) is 2. The van der Waals surface area contributed by atoms with Crippen LogP contribution in [0.3, 0.4) is 0 Å². The predicted octanol–water partition coefficient (Wildman–Crippen LogP) is -0.634. The van der Waals surface area contributed by atoms with Crippen LogP contribution in [0.5, 0.6) is 0 Å². The molecule has 0 bridgehead atoms. The molecule has 3 rings (SSSR count). The van der Waals surface area contributed by atoms with Crippen LogP contribution in [0.15, 0.2) is 11.2 Å². The topological polar surface area (TPSA) is 88.1 Å². The van der Waals surface area contributed by atoms with Crippen LogP contribution in [-0.4, -0.2) is 59.3 Å². The van der Waals surface area contributed by atoms with Gasteiger partial charge in [0.25, 0.3) is 5.91 Å². The summed E-state index contributed by atoms with van der Waals surface area (Å²) >= 11 is 0. The first-order valence-corrected chi connectivity index (χ1v) is 6.68. The molecule has 0 saturated carbocycles. The zero-order valence-electron chi connectivity index (χ0n) is 12.7. The van der Waals surface area contributed by atoms with Gasteiger partial charge in [-0.2, -0.15) is 0 Å². The molecular formula is C13H16N5O4+. The molecule has 1 unspecified atom stereocenters. The second-order valence-electron chi connectivity index (χ2n) is 5.25. The number of imidazole rings is 1. The van der Waals surface area contributed by atoms with Crippen LogP contribution < -0.4 is 4.57 Å². The molecule has 9 heteroatoms. The van der Waals surface area contributed by atoms with Crippen LogP contribution in [0.4, 0.5) is 10.7 Å². The van der Waals surface area contributed by atoms with Crippen molar-refractivity contribution in [1.82, 2.24) is 14.4 Å². The van der Waals surface area contributed by atoms with Gasteiger partial charge in [-0.3, -0.25) is 14.6 Å². The number of nitrogens with zero attached hydrogens (tertiary/aromatic N) is 5. The number of aliphatic imine (C=N–C) groups is 1. The van der Waals surface area contributed by atoms with Gasteiger partial charge in [-0.15, -0.1) is 0 Å². The fraction of sp³-hybridized carbons (Fsp3) is 0.462. The number of urea groups is 1. The number of hydrogen-bond acceptors (Lipinski definition) is 5. The quantitative estimate of drug-likeness (QED) is 0.537. The second-order valence-corrected chi connectivity index (χ2v) is 5.25. The lowest BCUT2D eigenvalue weighted by Crippen LogP contribution is -2.61. The summed E-state index contributed by atoms with van der Waals surface area (Å²) in [5.74, 6) is 0.0544. The number of amidine groups is 1. The van der Waals surface area contributed by atoms with Crippen LogP contribution in [0.2, 0.25) is 0 Å². The average Bonchev–Trinajstić information content (AvgIpc) is 2.99. The van der Waals surface area contributed by atoms with Crippen LogP contribution in [0, 0.1) is 6.92 Å². The number of esters is 1. The van der Waals surface area contributed by atoms with E-state index in [1.807, 2.05) is 6.92 Å². The summed E-state index contributed by atoms with van der Waals surface area (Å²) in [6.45, 7) is 1.81. The highest BCUT2D eigenvalue weighted by atomic mass is 16.5. The van der Waals surface area contributed by atoms with Crippen molar-refractivity contribution < 1.29 is 23.7 Å². The molecule has 1 atom stereocenters. The molecule has 0 aromatic carbocycles. The Bertz CT molecular complexity index is 735. The number of carbonyl (C=O) groups is 3. The molecule has 2 aliphatic rings. The summed E-state index contributed by atoms with van der Waals surface area (Å²) in [6.07, 6.45) is 1.74. The molecular weight excluding hydrogens is 290 g/mol. The third-order valence-corrected chi connectivity index (χ3v) is 3.96. The minimum absolute atomic E-state index is 0.00411. The lowest BCUT2D eigenvalue weighted by atomic mass is 10.2. The summed E-state index contributed by atoms with van der Waals surface area (Å²) in [4.78, 5) is 42.7. The standard InChI is InChI=1S/C13H16N5O4/c1-7-5-18-9-10(15(2)13(21)16(3)11(9)20)14-12(18)17(7)6-8(19)22-4/h5,9H,6H2,1-4H3/q+1. The van der Waals surface area contributed by atoms with E-state index in [2.05, 4.69) is 9.73 Å². The van der Waals surface area contributed by atoms with Gasteiger partial charge in [0.05, 0.1) is 7.11 Å².